The van der Waals surface area contributed by atoms with Crippen LogP contribution in [-0.4, -0.2) is 19.4 Å². The van der Waals surface area contributed by atoms with E-state index in [0.29, 0.717) is 6.04 Å². The highest BCUT2D eigenvalue weighted by Crippen LogP contribution is 2.42. The number of rotatable bonds is 5. The third-order valence-electron chi connectivity index (χ3n) is 3.45. The van der Waals surface area contributed by atoms with Crippen LogP contribution in [0.2, 0.25) is 0 Å². The summed E-state index contributed by atoms with van der Waals surface area (Å²) < 4.78 is 0. The van der Waals surface area contributed by atoms with Crippen LogP contribution in [0.4, 0.5) is 0 Å². The summed E-state index contributed by atoms with van der Waals surface area (Å²) >= 11 is 0. The topological polar surface area (TPSA) is 29.1 Å². The van der Waals surface area contributed by atoms with Gasteiger partial charge in [-0.15, -0.1) is 0 Å². The Balaban J connectivity index is 2.95. The molecule has 0 amide bonds. The molecular weight excluding hydrogens is 198 g/mol. The van der Waals surface area contributed by atoms with Crippen molar-refractivity contribution in [1.82, 2.24) is 5.32 Å². The maximum absolute atomic E-state index is 11.4. The molecular formula is C14H21NO. The fourth-order valence-electron chi connectivity index (χ4n) is 2.40. The molecule has 88 valence electrons. The molecule has 0 aromatic carbocycles. The molecule has 1 aliphatic rings. The first kappa shape index (κ1) is 12.9. The van der Waals surface area contributed by atoms with Gasteiger partial charge in [-0.3, -0.25) is 0 Å². The molecule has 2 nitrogen and oxygen atoms in total. The van der Waals surface area contributed by atoms with Crippen molar-refractivity contribution in [2.75, 3.05) is 7.05 Å². The fourth-order valence-corrected chi connectivity index (χ4v) is 2.40. The quantitative estimate of drug-likeness (QED) is 0.569. The van der Waals surface area contributed by atoms with Crippen molar-refractivity contribution in [3.05, 3.63) is 36.5 Å². The third-order valence-corrected chi connectivity index (χ3v) is 3.45. The number of aldehydes is 1. The number of hydrogen-bond donors (Lipinski definition) is 1. The van der Waals surface area contributed by atoms with E-state index in [-0.39, 0.29) is 5.41 Å². The number of allylic oxidation sites excluding steroid dienone is 5. The van der Waals surface area contributed by atoms with Crippen LogP contribution in [0.25, 0.3) is 0 Å². The van der Waals surface area contributed by atoms with Crippen molar-refractivity contribution < 1.29 is 4.79 Å². The van der Waals surface area contributed by atoms with E-state index < -0.39 is 0 Å². The van der Waals surface area contributed by atoms with E-state index in [2.05, 4.69) is 11.9 Å². The minimum Gasteiger partial charge on any atom is -0.317 e. The van der Waals surface area contributed by atoms with Gasteiger partial charge in [0, 0.05) is 6.04 Å². The zero-order chi connectivity index (χ0) is 12.0. The van der Waals surface area contributed by atoms with Crippen LogP contribution in [0.5, 0.6) is 0 Å². The Labute approximate surface area is 98.1 Å². The largest absolute Gasteiger partial charge is 0.317 e. The second kappa shape index (κ2) is 5.80. The van der Waals surface area contributed by atoms with E-state index >= 15 is 0 Å². The van der Waals surface area contributed by atoms with E-state index in [1.54, 1.807) is 0 Å². The average Bonchev–Trinajstić information content (AvgIpc) is 2.75. The summed E-state index contributed by atoms with van der Waals surface area (Å²) in [6.45, 7) is 5.79. The first-order valence-electron chi connectivity index (χ1n) is 5.82. The highest BCUT2D eigenvalue weighted by atomic mass is 16.1. The zero-order valence-corrected chi connectivity index (χ0v) is 10.2. The number of carbonyl (C=O) groups excluding carboxylic acids is 1. The maximum Gasteiger partial charge on any atom is 0.130 e. The Hall–Kier alpha value is -1.15. The van der Waals surface area contributed by atoms with E-state index in [0.717, 1.165) is 31.1 Å². The smallest absolute Gasteiger partial charge is 0.130 e. The Kier molecular flexibility index (Phi) is 4.69. The molecule has 16 heavy (non-hydrogen) atoms. The summed E-state index contributed by atoms with van der Waals surface area (Å²) in [5.41, 5.74) is 0.716. The number of carbonyl (C=O) groups is 1. The Bertz CT molecular complexity index is 317. The van der Waals surface area contributed by atoms with Crippen LogP contribution in [0.15, 0.2) is 36.5 Å². The molecule has 0 aromatic heterocycles. The molecule has 1 aliphatic carbocycles. The van der Waals surface area contributed by atoms with Crippen LogP contribution in [0.1, 0.15) is 26.2 Å². The summed E-state index contributed by atoms with van der Waals surface area (Å²) in [5, 5.41) is 3.25. The lowest BCUT2D eigenvalue weighted by Crippen LogP contribution is -2.27. The van der Waals surface area contributed by atoms with Gasteiger partial charge in [-0.2, -0.15) is 0 Å². The Morgan fingerprint density at radius 3 is 2.75 bits per heavy atom. The molecule has 2 atom stereocenters. The highest BCUT2D eigenvalue weighted by Gasteiger charge is 2.40. The molecule has 0 radical (unpaired) electrons. The molecule has 0 aliphatic heterocycles. The summed E-state index contributed by atoms with van der Waals surface area (Å²) in [5.74, 6) is 0. The van der Waals surface area contributed by atoms with Gasteiger partial charge in [-0.1, -0.05) is 30.9 Å². The molecule has 1 saturated carbocycles. The lowest BCUT2D eigenvalue weighted by atomic mass is 9.79. The lowest BCUT2D eigenvalue weighted by molar-refractivity contribution is -0.114. The highest BCUT2D eigenvalue weighted by molar-refractivity contribution is 5.68. The first-order chi connectivity index (χ1) is 7.72. The summed E-state index contributed by atoms with van der Waals surface area (Å²) in [6.07, 6.45) is 11.7. The lowest BCUT2D eigenvalue weighted by Gasteiger charge is -2.24. The van der Waals surface area contributed by atoms with Crippen molar-refractivity contribution in [2.24, 2.45) is 5.41 Å². The molecule has 0 bridgehead atoms. The van der Waals surface area contributed by atoms with Gasteiger partial charge >= 0.3 is 0 Å². The molecule has 1 rings (SSSR count). The van der Waals surface area contributed by atoms with E-state index in [9.17, 15) is 4.79 Å². The minimum atomic E-state index is -0.324. The van der Waals surface area contributed by atoms with Crippen LogP contribution in [-0.2, 0) is 4.79 Å². The second-order valence-corrected chi connectivity index (χ2v) is 4.35. The molecule has 0 aromatic rings. The van der Waals surface area contributed by atoms with Gasteiger partial charge in [0.05, 0.1) is 5.41 Å². The third kappa shape index (κ3) is 2.50. The summed E-state index contributed by atoms with van der Waals surface area (Å²) in [6, 6.07) is 0.444. The van der Waals surface area contributed by atoms with Gasteiger partial charge in [0.2, 0.25) is 0 Å². The average molecular weight is 219 g/mol. The normalized spacial score (nSPS) is 30.9. The molecule has 0 saturated heterocycles. The van der Waals surface area contributed by atoms with E-state index in [4.69, 9.17) is 0 Å². The Morgan fingerprint density at radius 1 is 1.56 bits per heavy atom. The number of nitrogens with one attached hydrogen (secondary N) is 1. The minimum absolute atomic E-state index is 0.324. The number of hydrogen-bond acceptors (Lipinski definition) is 2. The molecule has 0 heterocycles. The van der Waals surface area contributed by atoms with Crippen molar-refractivity contribution in [1.29, 1.82) is 0 Å². The summed E-state index contributed by atoms with van der Waals surface area (Å²) in [7, 11) is 1.95. The van der Waals surface area contributed by atoms with Crippen LogP contribution >= 0.6 is 0 Å². The van der Waals surface area contributed by atoms with Gasteiger partial charge in [-0.25, -0.2) is 0 Å². The van der Waals surface area contributed by atoms with Gasteiger partial charge in [-0.05, 0) is 38.8 Å². The molecule has 2 unspecified atom stereocenters. The second-order valence-electron chi connectivity index (χ2n) is 4.35. The van der Waals surface area contributed by atoms with Crippen molar-refractivity contribution in [3.63, 3.8) is 0 Å². The van der Waals surface area contributed by atoms with Gasteiger partial charge in [0.15, 0.2) is 0 Å². The zero-order valence-electron chi connectivity index (χ0n) is 10.2. The standard InChI is InChI=1S/C14H21NO/c1-4-6-7-12(5-2)14(11-16)9-8-13(10-14)15-3/h4-7,11,13,15H,2,8-10H2,1,3H3/b6-4-,12-7+. The van der Waals surface area contributed by atoms with Gasteiger partial charge in [0.25, 0.3) is 0 Å². The molecule has 1 fully saturated rings. The van der Waals surface area contributed by atoms with Gasteiger partial charge in [0.1, 0.15) is 6.29 Å². The van der Waals surface area contributed by atoms with Crippen LogP contribution in [0.3, 0.4) is 0 Å². The maximum atomic E-state index is 11.4. The molecule has 0 spiro atoms. The van der Waals surface area contributed by atoms with Crippen molar-refractivity contribution >= 4 is 6.29 Å². The molecule has 2 heteroatoms. The first-order valence-corrected chi connectivity index (χ1v) is 5.82. The van der Waals surface area contributed by atoms with E-state index in [1.165, 1.54) is 0 Å². The predicted molar refractivity (Wildman–Crippen MR) is 68.3 cm³/mol. The SMILES string of the molecule is C=C/C(=C\C=C/C)C1(C=O)CCC(NC)C1. The Morgan fingerprint density at radius 2 is 2.31 bits per heavy atom. The predicted octanol–water partition coefficient (Wildman–Crippen LogP) is 2.63. The van der Waals surface area contributed by atoms with Gasteiger partial charge < -0.3 is 10.1 Å². The van der Waals surface area contributed by atoms with Crippen LogP contribution < -0.4 is 5.32 Å². The van der Waals surface area contributed by atoms with E-state index in [1.807, 2.05) is 38.3 Å². The fraction of sp³-hybridized carbons (Fsp3) is 0.500. The van der Waals surface area contributed by atoms with Crippen molar-refractivity contribution in [3.8, 4) is 0 Å². The summed E-state index contributed by atoms with van der Waals surface area (Å²) in [4.78, 5) is 11.4. The van der Waals surface area contributed by atoms with Crippen molar-refractivity contribution in [2.45, 2.75) is 32.2 Å². The monoisotopic (exact) mass is 219 g/mol. The van der Waals surface area contributed by atoms with Crippen LogP contribution in [0, 0.1) is 5.41 Å². The molecule has 1 N–H and O–H groups in total.